The minimum Gasteiger partial charge on any atom is -0.275 e. The Morgan fingerprint density at radius 2 is 1.37 bits per heavy atom. The van der Waals surface area contributed by atoms with E-state index in [1.165, 1.54) is 11.1 Å². The smallest absolute Gasteiger partial charge is 0.171 e. The summed E-state index contributed by atoms with van der Waals surface area (Å²) in [6, 6.07) is 14.7. The Morgan fingerprint density at radius 3 is 1.97 bits per heavy atom. The molecule has 0 aliphatic heterocycles. The van der Waals surface area contributed by atoms with Crippen molar-refractivity contribution in [2.75, 3.05) is 0 Å². The molecular weight excluding hydrogens is 370 g/mol. The van der Waals surface area contributed by atoms with Gasteiger partial charge in [0.1, 0.15) is 5.82 Å². The van der Waals surface area contributed by atoms with Crippen molar-refractivity contribution in [1.82, 2.24) is 24.7 Å². The molecule has 30 heavy (non-hydrogen) atoms. The molecule has 0 bridgehead atoms. The van der Waals surface area contributed by atoms with Gasteiger partial charge in [-0.1, -0.05) is 51.1 Å². The molecule has 0 aliphatic carbocycles. The molecule has 0 N–H and O–H groups in total. The standard InChI is InChI=1S/C25H27N5/c1-16-11-17(2)13-20(12-16)30-22(19-14-26-24(27-15-19)25(4,5)6)28-29-23(30)21-10-8-7-9-18(21)3/h7-15H,1-6H3. The Hall–Kier alpha value is -3.34. The van der Waals surface area contributed by atoms with Crippen LogP contribution in [-0.4, -0.2) is 24.7 Å². The fraction of sp³-hybridized carbons (Fsp3) is 0.280. The molecule has 4 aromatic rings. The van der Waals surface area contributed by atoms with Crippen LogP contribution >= 0.6 is 0 Å². The predicted molar refractivity (Wildman–Crippen MR) is 121 cm³/mol. The second kappa shape index (κ2) is 7.48. The van der Waals surface area contributed by atoms with E-state index >= 15 is 0 Å². The molecule has 0 atom stereocenters. The lowest BCUT2D eigenvalue weighted by Gasteiger charge is -2.16. The van der Waals surface area contributed by atoms with Crippen molar-refractivity contribution in [2.45, 2.75) is 47.0 Å². The van der Waals surface area contributed by atoms with Crippen molar-refractivity contribution >= 4 is 0 Å². The van der Waals surface area contributed by atoms with Crippen molar-refractivity contribution in [1.29, 1.82) is 0 Å². The van der Waals surface area contributed by atoms with Crippen molar-refractivity contribution in [3.8, 4) is 28.5 Å². The third-order valence-electron chi connectivity index (χ3n) is 5.09. The van der Waals surface area contributed by atoms with Gasteiger partial charge in [0.2, 0.25) is 0 Å². The van der Waals surface area contributed by atoms with Crippen molar-refractivity contribution in [2.24, 2.45) is 0 Å². The average molecular weight is 398 g/mol. The number of hydrogen-bond acceptors (Lipinski definition) is 4. The molecular formula is C25H27N5. The van der Waals surface area contributed by atoms with Crippen molar-refractivity contribution in [3.05, 3.63) is 77.4 Å². The number of nitrogens with zero attached hydrogens (tertiary/aromatic N) is 5. The number of hydrogen-bond donors (Lipinski definition) is 0. The number of aryl methyl sites for hydroxylation is 3. The maximum Gasteiger partial charge on any atom is 0.171 e. The highest BCUT2D eigenvalue weighted by molar-refractivity contribution is 5.68. The molecule has 4 rings (SSSR count). The van der Waals surface area contributed by atoms with Gasteiger partial charge in [-0.2, -0.15) is 0 Å². The van der Waals surface area contributed by atoms with Crippen LogP contribution in [0.15, 0.2) is 54.9 Å². The first kappa shape index (κ1) is 20.0. The molecule has 0 unspecified atom stereocenters. The summed E-state index contributed by atoms with van der Waals surface area (Å²) < 4.78 is 2.11. The molecule has 5 heteroatoms. The van der Waals surface area contributed by atoms with Crippen LogP contribution in [0.5, 0.6) is 0 Å². The second-order valence-electron chi connectivity index (χ2n) is 8.89. The largest absolute Gasteiger partial charge is 0.275 e. The van der Waals surface area contributed by atoms with Gasteiger partial charge in [0, 0.05) is 29.1 Å². The van der Waals surface area contributed by atoms with Gasteiger partial charge < -0.3 is 0 Å². The predicted octanol–water partition coefficient (Wildman–Crippen LogP) is 5.61. The molecule has 0 saturated carbocycles. The van der Waals surface area contributed by atoms with Crippen LogP contribution < -0.4 is 0 Å². The minimum atomic E-state index is -0.105. The minimum absolute atomic E-state index is 0.105. The first-order valence-electron chi connectivity index (χ1n) is 10.2. The van der Waals surface area contributed by atoms with E-state index in [0.717, 1.165) is 39.9 Å². The third-order valence-corrected chi connectivity index (χ3v) is 5.09. The summed E-state index contributed by atoms with van der Waals surface area (Å²) in [6.45, 7) is 12.6. The van der Waals surface area contributed by atoms with Crippen LogP contribution in [0.2, 0.25) is 0 Å². The molecule has 0 spiro atoms. The van der Waals surface area contributed by atoms with Crippen LogP contribution in [0.25, 0.3) is 28.5 Å². The van der Waals surface area contributed by atoms with E-state index in [1.54, 1.807) is 0 Å². The Bertz CT molecular complexity index is 1180. The van der Waals surface area contributed by atoms with Gasteiger partial charge in [0.05, 0.1) is 5.56 Å². The topological polar surface area (TPSA) is 56.5 Å². The van der Waals surface area contributed by atoms with Gasteiger partial charge >= 0.3 is 0 Å². The van der Waals surface area contributed by atoms with Gasteiger partial charge in [0.15, 0.2) is 11.6 Å². The zero-order valence-electron chi connectivity index (χ0n) is 18.4. The van der Waals surface area contributed by atoms with E-state index in [9.17, 15) is 0 Å². The maximum absolute atomic E-state index is 4.60. The zero-order chi connectivity index (χ0) is 21.5. The monoisotopic (exact) mass is 397 g/mol. The van der Waals surface area contributed by atoms with E-state index in [0.29, 0.717) is 0 Å². The van der Waals surface area contributed by atoms with Crippen LogP contribution in [0.4, 0.5) is 0 Å². The fourth-order valence-corrected chi connectivity index (χ4v) is 3.62. The molecule has 5 nitrogen and oxygen atoms in total. The first-order valence-corrected chi connectivity index (χ1v) is 10.2. The number of aromatic nitrogens is 5. The summed E-state index contributed by atoms with van der Waals surface area (Å²) in [4.78, 5) is 9.21. The summed E-state index contributed by atoms with van der Waals surface area (Å²) in [6.07, 6.45) is 3.69. The molecule has 0 radical (unpaired) electrons. The number of benzene rings is 2. The van der Waals surface area contributed by atoms with Crippen molar-refractivity contribution < 1.29 is 0 Å². The van der Waals surface area contributed by atoms with Crippen LogP contribution in [0, 0.1) is 20.8 Å². The van der Waals surface area contributed by atoms with Gasteiger partial charge in [-0.05, 0) is 49.6 Å². The maximum atomic E-state index is 4.60. The Kier molecular flexibility index (Phi) is 4.98. The highest BCUT2D eigenvalue weighted by Crippen LogP contribution is 2.31. The lowest BCUT2D eigenvalue weighted by molar-refractivity contribution is 0.545. The molecule has 2 aromatic carbocycles. The van der Waals surface area contributed by atoms with Gasteiger partial charge in [-0.25, -0.2) is 9.97 Å². The summed E-state index contributed by atoms with van der Waals surface area (Å²) in [7, 11) is 0. The van der Waals surface area contributed by atoms with Gasteiger partial charge in [-0.3, -0.25) is 4.57 Å². The Labute approximate surface area is 177 Å². The average Bonchev–Trinajstić information content (AvgIpc) is 3.12. The summed E-state index contributed by atoms with van der Waals surface area (Å²) >= 11 is 0. The summed E-state index contributed by atoms with van der Waals surface area (Å²) in [5, 5.41) is 9.15. The Morgan fingerprint density at radius 1 is 0.767 bits per heavy atom. The van der Waals surface area contributed by atoms with Crippen LogP contribution in [0.1, 0.15) is 43.3 Å². The normalized spacial score (nSPS) is 11.7. The molecule has 2 heterocycles. The lowest BCUT2D eigenvalue weighted by atomic mass is 9.96. The fourth-order valence-electron chi connectivity index (χ4n) is 3.62. The highest BCUT2D eigenvalue weighted by Gasteiger charge is 2.21. The zero-order valence-corrected chi connectivity index (χ0v) is 18.4. The van der Waals surface area contributed by atoms with Crippen LogP contribution in [-0.2, 0) is 5.41 Å². The number of rotatable bonds is 3. The van der Waals surface area contributed by atoms with Crippen molar-refractivity contribution in [3.63, 3.8) is 0 Å². The highest BCUT2D eigenvalue weighted by atomic mass is 15.3. The summed E-state index contributed by atoms with van der Waals surface area (Å²) in [5.41, 5.74) is 6.37. The van der Waals surface area contributed by atoms with Gasteiger partial charge in [0.25, 0.3) is 0 Å². The Balaban J connectivity index is 1.95. The first-order chi connectivity index (χ1) is 14.2. The van der Waals surface area contributed by atoms with E-state index in [2.05, 4.69) is 96.6 Å². The van der Waals surface area contributed by atoms with Gasteiger partial charge in [-0.15, -0.1) is 10.2 Å². The van der Waals surface area contributed by atoms with E-state index < -0.39 is 0 Å². The van der Waals surface area contributed by atoms with Crippen LogP contribution in [0.3, 0.4) is 0 Å². The molecule has 0 fully saturated rings. The summed E-state index contributed by atoms with van der Waals surface area (Å²) in [5.74, 6) is 2.36. The third kappa shape index (κ3) is 3.75. The molecule has 0 aliphatic rings. The molecule has 0 amide bonds. The molecule has 0 saturated heterocycles. The SMILES string of the molecule is Cc1cc(C)cc(-n2c(-c3cnc(C(C)(C)C)nc3)nnc2-c2ccccc2C)c1. The molecule has 152 valence electrons. The molecule has 2 aromatic heterocycles. The second-order valence-corrected chi connectivity index (χ2v) is 8.89. The van der Waals surface area contributed by atoms with E-state index in [-0.39, 0.29) is 5.41 Å². The quantitative estimate of drug-likeness (QED) is 0.451. The van der Waals surface area contributed by atoms with E-state index in [4.69, 9.17) is 0 Å². The van der Waals surface area contributed by atoms with E-state index in [1.807, 2.05) is 24.5 Å². The lowest BCUT2D eigenvalue weighted by Crippen LogP contribution is -2.15.